The molecule has 1 aromatic carbocycles. The number of carbonyl (C=O) groups is 1. The molecule has 0 aliphatic heterocycles. The van der Waals surface area contributed by atoms with Gasteiger partial charge in [-0.25, -0.2) is 0 Å². The van der Waals surface area contributed by atoms with Crippen LogP contribution in [0.4, 0.5) is 0 Å². The van der Waals surface area contributed by atoms with E-state index in [1.807, 2.05) is 20.8 Å². The fourth-order valence-corrected chi connectivity index (χ4v) is 1.38. The van der Waals surface area contributed by atoms with E-state index in [-0.39, 0.29) is 12.1 Å². The summed E-state index contributed by atoms with van der Waals surface area (Å²) in [4.78, 5) is 10.8. The molecule has 0 heterocycles. The molecule has 0 saturated heterocycles. The van der Waals surface area contributed by atoms with E-state index in [9.17, 15) is 9.90 Å². The molecule has 0 aliphatic carbocycles. The Bertz CT molecular complexity index is 385. The zero-order valence-corrected chi connectivity index (χ0v) is 11.1. The molecule has 0 radical (unpaired) electrons. The molecule has 0 amide bonds. The number of aliphatic hydroxyl groups excluding tert-OH is 1. The Balaban J connectivity index is 2.42. The van der Waals surface area contributed by atoms with Crippen LogP contribution in [-0.2, 0) is 0 Å². The van der Waals surface area contributed by atoms with E-state index in [0.29, 0.717) is 17.9 Å². The second-order valence-corrected chi connectivity index (χ2v) is 5.25. The second kappa shape index (κ2) is 6.52. The molecule has 0 aliphatic rings. The number of carbonyl (C=O) groups excluding carboxylic acids is 1. The lowest BCUT2D eigenvalue weighted by molar-refractivity contribution is 0.0981. The molecular formula is C14H21NO3. The van der Waals surface area contributed by atoms with Gasteiger partial charge in [0.1, 0.15) is 18.5 Å². The average molecular weight is 251 g/mol. The van der Waals surface area contributed by atoms with Crippen molar-refractivity contribution in [2.45, 2.75) is 32.4 Å². The highest BCUT2D eigenvalue weighted by Gasteiger charge is 2.13. The predicted molar refractivity (Wildman–Crippen MR) is 71.1 cm³/mol. The minimum Gasteiger partial charge on any atom is -0.490 e. The molecule has 1 rings (SSSR count). The summed E-state index contributed by atoms with van der Waals surface area (Å²) >= 11 is 0. The summed E-state index contributed by atoms with van der Waals surface area (Å²) in [6.07, 6.45) is 0.138. The van der Waals surface area contributed by atoms with E-state index < -0.39 is 6.10 Å². The maximum Gasteiger partial charge on any atom is 0.153 e. The summed E-state index contributed by atoms with van der Waals surface area (Å²) in [6.45, 7) is 6.70. The van der Waals surface area contributed by atoms with Gasteiger partial charge in [-0.2, -0.15) is 0 Å². The van der Waals surface area contributed by atoms with Crippen molar-refractivity contribution in [2.75, 3.05) is 13.2 Å². The Kier molecular flexibility index (Phi) is 5.31. The quantitative estimate of drug-likeness (QED) is 0.754. The summed E-state index contributed by atoms with van der Waals surface area (Å²) < 4.78 is 5.43. The van der Waals surface area contributed by atoms with Crippen LogP contribution in [0.3, 0.4) is 0 Å². The van der Waals surface area contributed by atoms with Gasteiger partial charge in [-0.15, -0.1) is 0 Å². The number of hydrogen-bond acceptors (Lipinski definition) is 4. The smallest absolute Gasteiger partial charge is 0.153 e. The molecule has 18 heavy (non-hydrogen) atoms. The van der Waals surface area contributed by atoms with Crippen LogP contribution in [0.25, 0.3) is 0 Å². The molecule has 1 atom stereocenters. The van der Waals surface area contributed by atoms with Gasteiger partial charge in [0.25, 0.3) is 0 Å². The molecule has 4 heteroatoms. The fourth-order valence-electron chi connectivity index (χ4n) is 1.38. The van der Waals surface area contributed by atoms with Crippen LogP contribution < -0.4 is 10.1 Å². The van der Waals surface area contributed by atoms with E-state index >= 15 is 0 Å². The SMILES string of the molecule is CC(C)(C)NC[C@H](O)COc1ccccc1C=O. The number of aliphatic hydroxyl groups is 1. The normalized spacial score (nSPS) is 13.1. The van der Waals surface area contributed by atoms with Crippen molar-refractivity contribution < 1.29 is 14.6 Å². The molecule has 0 aromatic heterocycles. The third kappa shape index (κ3) is 5.29. The van der Waals surface area contributed by atoms with Gasteiger partial charge in [-0.1, -0.05) is 12.1 Å². The van der Waals surface area contributed by atoms with Crippen molar-refractivity contribution in [1.82, 2.24) is 5.32 Å². The van der Waals surface area contributed by atoms with Crippen LogP contribution in [0.15, 0.2) is 24.3 Å². The first-order chi connectivity index (χ1) is 8.42. The maximum absolute atomic E-state index is 10.8. The third-order valence-corrected chi connectivity index (χ3v) is 2.35. The van der Waals surface area contributed by atoms with E-state index in [2.05, 4.69) is 5.32 Å². The highest BCUT2D eigenvalue weighted by Crippen LogP contribution is 2.15. The number of para-hydroxylation sites is 1. The highest BCUT2D eigenvalue weighted by atomic mass is 16.5. The van der Waals surface area contributed by atoms with E-state index in [0.717, 1.165) is 6.29 Å². The van der Waals surface area contributed by atoms with Crippen LogP contribution in [0, 0.1) is 0 Å². The number of benzene rings is 1. The summed E-state index contributed by atoms with van der Waals surface area (Å²) in [5.74, 6) is 0.502. The Labute approximate surface area is 108 Å². The topological polar surface area (TPSA) is 58.6 Å². The monoisotopic (exact) mass is 251 g/mol. The van der Waals surface area contributed by atoms with Crippen LogP contribution in [0.2, 0.25) is 0 Å². The van der Waals surface area contributed by atoms with Gasteiger partial charge in [0.15, 0.2) is 6.29 Å². The third-order valence-electron chi connectivity index (χ3n) is 2.35. The number of nitrogens with one attached hydrogen (secondary N) is 1. The van der Waals surface area contributed by atoms with Crippen molar-refractivity contribution in [2.24, 2.45) is 0 Å². The van der Waals surface area contributed by atoms with Gasteiger partial charge >= 0.3 is 0 Å². The van der Waals surface area contributed by atoms with Crippen molar-refractivity contribution in [3.63, 3.8) is 0 Å². The Morgan fingerprint density at radius 2 is 2.06 bits per heavy atom. The number of aldehydes is 1. The van der Waals surface area contributed by atoms with Crippen LogP contribution in [0.1, 0.15) is 31.1 Å². The van der Waals surface area contributed by atoms with Crippen LogP contribution in [-0.4, -0.2) is 36.2 Å². The molecule has 0 spiro atoms. The zero-order valence-electron chi connectivity index (χ0n) is 11.1. The highest BCUT2D eigenvalue weighted by molar-refractivity contribution is 5.79. The van der Waals surface area contributed by atoms with Gasteiger partial charge in [0.05, 0.1) is 5.56 Å². The minimum atomic E-state index is -0.607. The van der Waals surface area contributed by atoms with Crippen LogP contribution >= 0.6 is 0 Å². The fraction of sp³-hybridized carbons (Fsp3) is 0.500. The molecular weight excluding hydrogens is 230 g/mol. The Morgan fingerprint density at radius 3 is 2.67 bits per heavy atom. The largest absolute Gasteiger partial charge is 0.490 e. The van der Waals surface area contributed by atoms with Gasteiger partial charge in [0, 0.05) is 12.1 Å². The second-order valence-electron chi connectivity index (χ2n) is 5.25. The zero-order chi connectivity index (χ0) is 13.6. The van der Waals surface area contributed by atoms with E-state index in [1.165, 1.54) is 0 Å². The molecule has 0 unspecified atom stereocenters. The average Bonchev–Trinajstić information content (AvgIpc) is 2.33. The molecule has 0 saturated carbocycles. The Morgan fingerprint density at radius 1 is 1.39 bits per heavy atom. The lowest BCUT2D eigenvalue weighted by Gasteiger charge is -2.23. The lowest BCUT2D eigenvalue weighted by Crippen LogP contribution is -2.42. The first-order valence-corrected chi connectivity index (χ1v) is 6.02. The van der Waals surface area contributed by atoms with Crippen molar-refractivity contribution >= 4 is 6.29 Å². The first-order valence-electron chi connectivity index (χ1n) is 6.02. The minimum absolute atomic E-state index is 0.0400. The standard InChI is InChI=1S/C14H21NO3/c1-14(2,3)15-8-12(17)10-18-13-7-5-4-6-11(13)9-16/h4-7,9,12,15,17H,8,10H2,1-3H3/t12-/m0/s1. The summed E-state index contributed by atoms with van der Waals surface area (Å²) in [6, 6.07) is 6.96. The maximum atomic E-state index is 10.8. The Hall–Kier alpha value is -1.39. The molecule has 0 fully saturated rings. The van der Waals surface area contributed by atoms with Crippen molar-refractivity contribution in [3.8, 4) is 5.75 Å². The number of ether oxygens (including phenoxy) is 1. The van der Waals surface area contributed by atoms with Crippen LogP contribution in [0.5, 0.6) is 5.75 Å². The van der Waals surface area contributed by atoms with Gasteiger partial charge in [-0.3, -0.25) is 4.79 Å². The van der Waals surface area contributed by atoms with Gasteiger partial charge in [-0.05, 0) is 32.9 Å². The van der Waals surface area contributed by atoms with Gasteiger partial charge < -0.3 is 15.2 Å². The molecule has 100 valence electrons. The predicted octanol–water partition coefficient (Wildman–Crippen LogP) is 1.63. The lowest BCUT2D eigenvalue weighted by atomic mass is 10.1. The van der Waals surface area contributed by atoms with E-state index in [4.69, 9.17) is 4.74 Å². The van der Waals surface area contributed by atoms with Gasteiger partial charge in [0.2, 0.25) is 0 Å². The summed E-state index contributed by atoms with van der Waals surface area (Å²) in [7, 11) is 0. The van der Waals surface area contributed by atoms with E-state index in [1.54, 1.807) is 24.3 Å². The number of β-amino-alcohol motifs (C(OH)–C–C–N with tert-alkyl or cyclic N) is 1. The van der Waals surface area contributed by atoms with Crippen molar-refractivity contribution in [1.29, 1.82) is 0 Å². The molecule has 0 bridgehead atoms. The number of hydrogen-bond donors (Lipinski definition) is 2. The molecule has 2 N–H and O–H groups in total. The summed E-state index contributed by atoms with van der Waals surface area (Å²) in [5, 5.41) is 12.9. The summed E-state index contributed by atoms with van der Waals surface area (Å²) in [5.41, 5.74) is 0.454. The first kappa shape index (κ1) is 14.7. The van der Waals surface area contributed by atoms with Crippen molar-refractivity contribution in [3.05, 3.63) is 29.8 Å². The molecule has 4 nitrogen and oxygen atoms in total. The number of rotatable bonds is 6. The molecule has 1 aromatic rings.